The van der Waals surface area contributed by atoms with Gasteiger partial charge in [0.15, 0.2) is 23.3 Å². The Morgan fingerprint density at radius 2 is 1.77 bits per heavy atom. The molecule has 0 radical (unpaired) electrons. The van der Waals surface area contributed by atoms with Crippen molar-refractivity contribution in [3.63, 3.8) is 0 Å². The number of anilines is 2. The van der Waals surface area contributed by atoms with E-state index in [1.807, 2.05) is 60.8 Å². The number of halogens is 3. The minimum Gasteiger partial charge on any atom is -0.337 e. The van der Waals surface area contributed by atoms with Gasteiger partial charge >= 0.3 is 6.18 Å². The molecule has 1 atom stereocenters. The first-order chi connectivity index (χ1) is 19.4. The second kappa shape index (κ2) is 9.16. The summed E-state index contributed by atoms with van der Waals surface area (Å²) in [5.41, 5.74) is 2.74. The highest BCUT2D eigenvalue weighted by Gasteiger charge is 2.42. The van der Waals surface area contributed by atoms with Gasteiger partial charge in [-0.25, -0.2) is 15.0 Å². The fourth-order valence-electron chi connectivity index (χ4n) is 5.06. The average molecular weight is 556 g/mol. The van der Waals surface area contributed by atoms with E-state index >= 15 is 0 Å². The van der Waals surface area contributed by atoms with Gasteiger partial charge in [0.2, 0.25) is 0 Å². The Morgan fingerprint density at radius 3 is 2.55 bits per heavy atom. The van der Waals surface area contributed by atoms with Crippen molar-refractivity contribution in [2.75, 3.05) is 10.2 Å². The van der Waals surface area contributed by atoms with Gasteiger partial charge in [0.1, 0.15) is 6.04 Å². The fourth-order valence-corrected chi connectivity index (χ4v) is 5.89. The van der Waals surface area contributed by atoms with Gasteiger partial charge in [-0.3, -0.25) is 0 Å². The first-order valence-corrected chi connectivity index (χ1v) is 13.3. The highest BCUT2D eigenvalue weighted by molar-refractivity contribution is 7.10. The summed E-state index contributed by atoms with van der Waals surface area (Å²) in [5, 5.41) is 9.97. The molecule has 5 aromatic rings. The SMILES string of the molecule is Cc1nn(-c2ccccn2)c2c1[C@@H](c1cccs1)N1C(=N2)C(Nc2cccc(C(F)(F)F)c2)=Nc2ccccc21. The first kappa shape index (κ1) is 24.3. The number of aromatic nitrogens is 3. The number of aryl methyl sites for hydroxylation is 1. The number of para-hydroxylation sites is 2. The van der Waals surface area contributed by atoms with Crippen LogP contribution in [0.3, 0.4) is 0 Å². The summed E-state index contributed by atoms with van der Waals surface area (Å²) in [6.07, 6.45) is -2.78. The van der Waals surface area contributed by atoms with Crippen LogP contribution in [0.25, 0.3) is 5.82 Å². The van der Waals surface area contributed by atoms with Crippen LogP contribution in [0.15, 0.2) is 100 Å². The van der Waals surface area contributed by atoms with Gasteiger partial charge in [0.25, 0.3) is 0 Å². The van der Waals surface area contributed by atoms with Crippen molar-refractivity contribution in [1.82, 2.24) is 14.8 Å². The maximum absolute atomic E-state index is 13.5. The van der Waals surface area contributed by atoms with Gasteiger partial charge in [-0.05, 0) is 60.8 Å². The van der Waals surface area contributed by atoms with Crippen molar-refractivity contribution >= 4 is 45.9 Å². The van der Waals surface area contributed by atoms with E-state index in [1.165, 1.54) is 6.07 Å². The number of amidine groups is 2. The zero-order valence-electron chi connectivity index (χ0n) is 21.0. The lowest BCUT2D eigenvalue weighted by Gasteiger charge is -2.40. The van der Waals surface area contributed by atoms with Crippen LogP contribution in [0.5, 0.6) is 0 Å². The van der Waals surface area contributed by atoms with Gasteiger partial charge in [0.05, 0.1) is 22.6 Å². The molecule has 3 aromatic heterocycles. The summed E-state index contributed by atoms with van der Waals surface area (Å²) in [5.74, 6) is 2.00. The minimum atomic E-state index is -4.47. The lowest BCUT2D eigenvalue weighted by Crippen LogP contribution is -2.46. The molecule has 0 bridgehead atoms. The van der Waals surface area contributed by atoms with Crippen molar-refractivity contribution in [2.24, 2.45) is 9.98 Å². The molecule has 0 fully saturated rings. The number of rotatable bonds is 3. The summed E-state index contributed by atoms with van der Waals surface area (Å²) in [4.78, 5) is 17.5. The van der Waals surface area contributed by atoms with Crippen LogP contribution < -0.4 is 10.2 Å². The smallest absolute Gasteiger partial charge is 0.337 e. The molecule has 40 heavy (non-hydrogen) atoms. The van der Waals surface area contributed by atoms with E-state index in [4.69, 9.17) is 15.1 Å². The summed E-state index contributed by atoms with van der Waals surface area (Å²) in [7, 11) is 0. The Hall–Kier alpha value is -4.77. The molecule has 2 aromatic carbocycles. The van der Waals surface area contributed by atoms with Crippen LogP contribution in [-0.4, -0.2) is 26.4 Å². The molecule has 0 spiro atoms. The molecular formula is C29H20F3N7S. The summed E-state index contributed by atoms with van der Waals surface area (Å²) < 4.78 is 42.2. The minimum absolute atomic E-state index is 0.253. The zero-order valence-corrected chi connectivity index (χ0v) is 21.8. The summed E-state index contributed by atoms with van der Waals surface area (Å²) >= 11 is 1.61. The monoisotopic (exact) mass is 555 g/mol. The van der Waals surface area contributed by atoms with Crippen molar-refractivity contribution in [3.05, 3.63) is 112 Å². The molecule has 5 heterocycles. The molecule has 0 amide bonds. The van der Waals surface area contributed by atoms with Gasteiger partial charge < -0.3 is 10.2 Å². The van der Waals surface area contributed by atoms with Crippen LogP contribution in [0.1, 0.15) is 27.7 Å². The van der Waals surface area contributed by atoms with E-state index in [0.29, 0.717) is 29.0 Å². The number of hydrogen-bond donors (Lipinski definition) is 1. The number of aliphatic imine (C=N–C) groups is 2. The van der Waals surface area contributed by atoms with Crippen molar-refractivity contribution < 1.29 is 13.2 Å². The van der Waals surface area contributed by atoms with Crippen LogP contribution in [0, 0.1) is 6.92 Å². The Balaban J connectivity index is 1.46. The number of nitrogens with zero attached hydrogens (tertiary/aromatic N) is 6. The maximum Gasteiger partial charge on any atom is 0.416 e. The number of alkyl halides is 3. The third-order valence-corrected chi connectivity index (χ3v) is 7.69. The molecule has 11 heteroatoms. The number of pyridine rings is 1. The Morgan fingerprint density at radius 1 is 0.925 bits per heavy atom. The second-order valence-electron chi connectivity index (χ2n) is 9.30. The van der Waals surface area contributed by atoms with E-state index in [2.05, 4.69) is 21.3 Å². The summed E-state index contributed by atoms with van der Waals surface area (Å²) in [6.45, 7) is 1.95. The molecule has 2 aliphatic heterocycles. The van der Waals surface area contributed by atoms with Crippen LogP contribution >= 0.6 is 11.3 Å². The quantitative estimate of drug-likeness (QED) is 0.251. The van der Waals surface area contributed by atoms with E-state index in [1.54, 1.807) is 28.3 Å². The van der Waals surface area contributed by atoms with Crippen molar-refractivity contribution in [3.8, 4) is 5.82 Å². The third kappa shape index (κ3) is 3.97. The molecule has 1 N–H and O–H groups in total. The van der Waals surface area contributed by atoms with Crippen molar-refractivity contribution in [1.29, 1.82) is 0 Å². The van der Waals surface area contributed by atoms with E-state index in [9.17, 15) is 13.2 Å². The van der Waals surface area contributed by atoms with Crippen LogP contribution in [0.4, 0.5) is 36.1 Å². The second-order valence-corrected chi connectivity index (χ2v) is 10.3. The lowest BCUT2D eigenvalue weighted by atomic mass is 9.98. The molecule has 0 aliphatic carbocycles. The molecule has 7 rings (SSSR count). The molecule has 0 unspecified atom stereocenters. The molecule has 7 nitrogen and oxygen atoms in total. The predicted molar refractivity (Wildman–Crippen MR) is 150 cm³/mol. The lowest BCUT2D eigenvalue weighted by molar-refractivity contribution is -0.137. The zero-order chi connectivity index (χ0) is 27.4. The number of benzene rings is 2. The van der Waals surface area contributed by atoms with E-state index in [-0.39, 0.29) is 11.7 Å². The third-order valence-electron chi connectivity index (χ3n) is 6.77. The largest absolute Gasteiger partial charge is 0.416 e. The highest BCUT2D eigenvalue weighted by atomic mass is 32.1. The topological polar surface area (TPSA) is 70.7 Å². The number of fused-ring (bicyclic) bond motifs is 4. The van der Waals surface area contributed by atoms with Gasteiger partial charge in [-0.15, -0.1) is 11.3 Å². The Bertz CT molecular complexity index is 1790. The van der Waals surface area contributed by atoms with E-state index in [0.717, 1.165) is 34.0 Å². The first-order valence-electron chi connectivity index (χ1n) is 12.4. The molecule has 198 valence electrons. The van der Waals surface area contributed by atoms with Crippen molar-refractivity contribution in [2.45, 2.75) is 19.1 Å². The van der Waals surface area contributed by atoms with Gasteiger partial charge in [-0.2, -0.15) is 23.0 Å². The average Bonchev–Trinajstić information content (AvgIpc) is 3.61. The van der Waals surface area contributed by atoms with E-state index < -0.39 is 11.7 Å². The molecular weight excluding hydrogens is 535 g/mol. The highest BCUT2D eigenvalue weighted by Crippen LogP contribution is 2.49. The predicted octanol–water partition coefficient (Wildman–Crippen LogP) is 7.45. The Labute approximate surface area is 231 Å². The number of nitrogens with one attached hydrogen (secondary N) is 1. The summed E-state index contributed by atoms with van der Waals surface area (Å²) in [6, 6.07) is 22.1. The Kier molecular flexibility index (Phi) is 5.56. The number of hydrogen-bond acceptors (Lipinski definition) is 7. The number of thiophene rings is 1. The molecule has 0 saturated heterocycles. The van der Waals surface area contributed by atoms with Crippen LogP contribution in [-0.2, 0) is 6.18 Å². The van der Waals surface area contributed by atoms with Crippen LogP contribution in [0.2, 0.25) is 0 Å². The van der Waals surface area contributed by atoms with Gasteiger partial charge in [-0.1, -0.05) is 30.3 Å². The maximum atomic E-state index is 13.5. The van der Waals surface area contributed by atoms with Gasteiger partial charge in [0, 0.05) is 22.3 Å². The molecule has 0 saturated carbocycles. The standard InChI is InChI=1S/C29H20F3N7S/c1-17-24-25(22-12-7-15-40-22)38-21-11-3-2-10-20(21)35-26(34-19-9-6-8-18(16-19)29(30,31)32)28(38)36-27(24)39(37-17)23-13-4-5-14-33-23/h2-16,25H,1H3,(H,34,35)/t25-/m1/s1. The molecule has 2 aliphatic rings. The normalized spacial score (nSPS) is 16.0. The fraction of sp³-hybridized carbons (Fsp3) is 0.103.